The molecule has 0 radical (unpaired) electrons. The van der Waals surface area contributed by atoms with Crippen LogP contribution in [0.3, 0.4) is 0 Å². The monoisotopic (exact) mass is 275 g/mol. The minimum atomic E-state index is -4.29. The first-order chi connectivity index (χ1) is 8.89. The van der Waals surface area contributed by atoms with Crippen LogP contribution in [0.4, 0.5) is 13.2 Å². The van der Waals surface area contributed by atoms with Gasteiger partial charge in [0.2, 0.25) is 0 Å². The largest absolute Gasteiger partial charge is 0.492 e. The number of alkyl halides is 3. The normalized spacial score (nSPS) is 11.9. The molecule has 0 heterocycles. The van der Waals surface area contributed by atoms with Crippen LogP contribution in [-0.2, 0) is 6.18 Å². The van der Waals surface area contributed by atoms with Crippen molar-refractivity contribution in [2.75, 3.05) is 19.7 Å². The van der Waals surface area contributed by atoms with Gasteiger partial charge in [-0.05, 0) is 43.1 Å². The number of hydrogen-bond donors (Lipinski definition) is 1. The van der Waals surface area contributed by atoms with Gasteiger partial charge in [0.25, 0.3) is 0 Å². The highest BCUT2D eigenvalue weighted by Gasteiger charge is 2.29. The molecule has 0 amide bonds. The van der Waals surface area contributed by atoms with Crippen LogP contribution < -0.4 is 10.1 Å². The molecule has 1 aromatic carbocycles. The molecule has 0 atom stereocenters. The first-order valence-corrected chi connectivity index (χ1v) is 6.40. The molecule has 0 spiro atoms. The lowest BCUT2D eigenvalue weighted by Gasteiger charge is -2.10. The van der Waals surface area contributed by atoms with E-state index >= 15 is 0 Å². The van der Waals surface area contributed by atoms with E-state index in [4.69, 9.17) is 4.74 Å². The van der Waals surface area contributed by atoms with E-state index in [0.717, 1.165) is 25.1 Å². The van der Waals surface area contributed by atoms with Crippen molar-refractivity contribution in [2.45, 2.75) is 26.4 Å². The van der Waals surface area contributed by atoms with Gasteiger partial charge >= 0.3 is 6.18 Å². The molecule has 0 aliphatic carbocycles. The number of benzene rings is 1. The zero-order valence-corrected chi connectivity index (χ0v) is 11.3. The average Bonchev–Trinajstić information content (AvgIpc) is 2.32. The molecule has 19 heavy (non-hydrogen) atoms. The summed E-state index contributed by atoms with van der Waals surface area (Å²) < 4.78 is 42.3. The van der Waals surface area contributed by atoms with E-state index < -0.39 is 11.7 Å². The van der Waals surface area contributed by atoms with E-state index in [1.807, 2.05) is 0 Å². The van der Waals surface area contributed by atoms with Gasteiger partial charge in [-0.15, -0.1) is 0 Å². The van der Waals surface area contributed by atoms with Crippen LogP contribution in [0.5, 0.6) is 5.75 Å². The Kier molecular flexibility index (Phi) is 6.15. The van der Waals surface area contributed by atoms with Crippen LogP contribution in [0.15, 0.2) is 24.3 Å². The maximum Gasteiger partial charge on any atom is 0.416 e. The summed E-state index contributed by atoms with van der Waals surface area (Å²) in [6.45, 7) is 6.37. The van der Waals surface area contributed by atoms with Gasteiger partial charge in [0.1, 0.15) is 12.4 Å². The molecule has 108 valence electrons. The fourth-order valence-electron chi connectivity index (χ4n) is 1.50. The maximum absolute atomic E-state index is 12.3. The number of ether oxygens (including phenoxy) is 1. The molecular weight excluding hydrogens is 255 g/mol. The molecule has 0 bridgehead atoms. The summed E-state index contributed by atoms with van der Waals surface area (Å²) in [4.78, 5) is 0. The fraction of sp³-hybridized carbons (Fsp3) is 0.571. The minimum absolute atomic E-state index is 0.448. The molecule has 0 aliphatic heterocycles. The summed E-state index contributed by atoms with van der Waals surface area (Å²) in [5.41, 5.74) is -0.657. The summed E-state index contributed by atoms with van der Waals surface area (Å²) >= 11 is 0. The quantitative estimate of drug-likeness (QED) is 0.766. The van der Waals surface area contributed by atoms with E-state index in [1.54, 1.807) is 0 Å². The highest BCUT2D eigenvalue weighted by molar-refractivity contribution is 5.28. The highest BCUT2D eigenvalue weighted by atomic mass is 19.4. The minimum Gasteiger partial charge on any atom is -0.492 e. The van der Waals surface area contributed by atoms with Gasteiger partial charge in [-0.2, -0.15) is 13.2 Å². The zero-order chi connectivity index (χ0) is 14.3. The molecule has 5 heteroatoms. The molecule has 0 unspecified atom stereocenters. The molecular formula is C14H20F3NO. The van der Waals surface area contributed by atoms with Gasteiger partial charge < -0.3 is 10.1 Å². The van der Waals surface area contributed by atoms with Crippen LogP contribution in [-0.4, -0.2) is 19.7 Å². The van der Waals surface area contributed by atoms with E-state index in [1.165, 1.54) is 12.1 Å². The topological polar surface area (TPSA) is 21.3 Å². The summed E-state index contributed by atoms with van der Waals surface area (Å²) in [5.74, 6) is 1.11. The SMILES string of the molecule is CC(C)CCNCCOc1ccc(C(F)(F)F)cc1. The van der Waals surface area contributed by atoms with Gasteiger partial charge in [-0.25, -0.2) is 0 Å². The first kappa shape index (κ1) is 15.8. The third-order valence-corrected chi connectivity index (χ3v) is 2.63. The second-order valence-electron chi connectivity index (χ2n) is 4.80. The van der Waals surface area contributed by atoms with Gasteiger partial charge in [0.05, 0.1) is 5.56 Å². The fourth-order valence-corrected chi connectivity index (χ4v) is 1.50. The van der Waals surface area contributed by atoms with E-state index in [9.17, 15) is 13.2 Å². The molecule has 1 N–H and O–H groups in total. The Hall–Kier alpha value is -1.23. The van der Waals surface area contributed by atoms with E-state index in [2.05, 4.69) is 19.2 Å². The smallest absolute Gasteiger partial charge is 0.416 e. The molecule has 1 aromatic rings. The van der Waals surface area contributed by atoms with E-state index in [0.29, 0.717) is 24.8 Å². The Bertz CT molecular complexity index is 360. The lowest BCUT2D eigenvalue weighted by Crippen LogP contribution is -2.23. The number of nitrogens with one attached hydrogen (secondary N) is 1. The Labute approximate surface area is 112 Å². The summed E-state index contributed by atoms with van der Waals surface area (Å²) in [7, 11) is 0. The van der Waals surface area contributed by atoms with Crippen molar-refractivity contribution in [3.05, 3.63) is 29.8 Å². The van der Waals surface area contributed by atoms with Crippen LogP contribution in [0, 0.1) is 5.92 Å². The van der Waals surface area contributed by atoms with E-state index in [-0.39, 0.29) is 0 Å². The molecule has 1 rings (SSSR count). The van der Waals surface area contributed by atoms with Crippen molar-refractivity contribution >= 4 is 0 Å². The van der Waals surface area contributed by atoms with Crippen LogP contribution in [0.2, 0.25) is 0 Å². The second kappa shape index (κ2) is 7.38. The van der Waals surface area contributed by atoms with Crippen molar-refractivity contribution in [1.82, 2.24) is 5.32 Å². The van der Waals surface area contributed by atoms with Gasteiger partial charge in [0.15, 0.2) is 0 Å². The number of halogens is 3. The number of rotatable bonds is 7. The van der Waals surface area contributed by atoms with Crippen LogP contribution in [0.1, 0.15) is 25.8 Å². The molecule has 0 saturated carbocycles. The van der Waals surface area contributed by atoms with Gasteiger partial charge in [-0.3, -0.25) is 0 Å². The lowest BCUT2D eigenvalue weighted by molar-refractivity contribution is -0.137. The van der Waals surface area contributed by atoms with Gasteiger partial charge in [-0.1, -0.05) is 13.8 Å². The Morgan fingerprint density at radius 2 is 1.74 bits per heavy atom. The van der Waals surface area contributed by atoms with Crippen molar-refractivity contribution in [1.29, 1.82) is 0 Å². The van der Waals surface area contributed by atoms with Gasteiger partial charge in [0, 0.05) is 6.54 Å². The standard InChI is InChI=1S/C14H20F3NO/c1-11(2)7-8-18-9-10-19-13-5-3-12(4-6-13)14(15,16)17/h3-6,11,18H,7-10H2,1-2H3. The maximum atomic E-state index is 12.3. The van der Waals surface area contributed by atoms with Crippen molar-refractivity contribution < 1.29 is 17.9 Å². The zero-order valence-electron chi connectivity index (χ0n) is 11.3. The third-order valence-electron chi connectivity index (χ3n) is 2.63. The summed E-state index contributed by atoms with van der Waals surface area (Å²) in [6.07, 6.45) is -3.20. The molecule has 0 aromatic heterocycles. The summed E-state index contributed by atoms with van der Waals surface area (Å²) in [6, 6.07) is 4.75. The average molecular weight is 275 g/mol. The molecule has 0 fully saturated rings. The Morgan fingerprint density at radius 3 is 2.26 bits per heavy atom. The van der Waals surface area contributed by atoms with Crippen LogP contribution >= 0.6 is 0 Å². The molecule has 0 saturated heterocycles. The van der Waals surface area contributed by atoms with Crippen molar-refractivity contribution in [3.63, 3.8) is 0 Å². The second-order valence-corrected chi connectivity index (χ2v) is 4.80. The van der Waals surface area contributed by atoms with Crippen LogP contribution in [0.25, 0.3) is 0 Å². The Morgan fingerprint density at radius 1 is 1.11 bits per heavy atom. The first-order valence-electron chi connectivity index (χ1n) is 6.40. The van der Waals surface area contributed by atoms with Crippen molar-refractivity contribution in [3.8, 4) is 5.75 Å². The Balaban J connectivity index is 2.23. The lowest BCUT2D eigenvalue weighted by atomic mass is 10.1. The molecule has 0 aliphatic rings. The predicted octanol–water partition coefficient (Wildman–Crippen LogP) is 3.72. The third kappa shape index (κ3) is 6.47. The highest BCUT2D eigenvalue weighted by Crippen LogP contribution is 2.30. The predicted molar refractivity (Wildman–Crippen MR) is 69.3 cm³/mol. The molecule has 2 nitrogen and oxygen atoms in total. The summed E-state index contributed by atoms with van der Waals surface area (Å²) in [5, 5.41) is 3.22. The van der Waals surface area contributed by atoms with Crippen molar-refractivity contribution in [2.24, 2.45) is 5.92 Å². The number of hydrogen-bond acceptors (Lipinski definition) is 2.